The summed E-state index contributed by atoms with van der Waals surface area (Å²) in [5, 5.41) is 9.45. The number of benzene rings is 1. The van der Waals surface area contributed by atoms with E-state index in [1.165, 1.54) is 0 Å². The highest BCUT2D eigenvalue weighted by molar-refractivity contribution is 5.95. The average Bonchev–Trinajstić information content (AvgIpc) is 3.00. The number of aryl methyl sites for hydroxylation is 1. The Balaban J connectivity index is 1.80. The predicted molar refractivity (Wildman–Crippen MR) is 84.4 cm³/mol. The summed E-state index contributed by atoms with van der Waals surface area (Å²) < 4.78 is 1.95. The van der Waals surface area contributed by atoms with Crippen molar-refractivity contribution >= 4 is 5.91 Å². The van der Waals surface area contributed by atoms with Gasteiger partial charge in [-0.2, -0.15) is 0 Å². The average molecular weight is 299 g/mol. The molecule has 1 saturated heterocycles. The number of rotatable bonds is 3. The lowest BCUT2D eigenvalue weighted by molar-refractivity contribution is 0.0503. The molecule has 2 heterocycles. The van der Waals surface area contributed by atoms with Gasteiger partial charge in [-0.3, -0.25) is 4.79 Å². The van der Waals surface area contributed by atoms with Crippen LogP contribution in [0.15, 0.2) is 36.8 Å². The molecule has 2 aromatic rings. The minimum atomic E-state index is -0.0435. The van der Waals surface area contributed by atoms with Crippen LogP contribution in [0.5, 0.6) is 0 Å². The number of carbonyl (C=O) groups excluding carboxylic acids is 1. The molecule has 0 saturated carbocycles. The third kappa shape index (κ3) is 2.76. The van der Waals surface area contributed by atoms with Crippen LogP contribution in [-0.2, 0) is 7.05 Å². The molecule has 1 aliphatic heterocycles. The minimum Gasteiger partial charge on any atom is -0.394 e. The molecule has 1 atom stereocenters. The Hall–Kier alpha value is -2.14. The molecule has 0 bridgehead atoms. The first-order valence-electron chi connectivity index (χ1n) is 7.69. The Morgan fingerprint density at radius 2 is 2.09 bits per heavy atom. The molecule has 0 aliphatic carbocycles. The minimum absolute atomic E-state index is 0.00954. The second kappa shape index (κ2) is 6.32. The highest BCUT2D eigenvalue weighted by Gasteiger charge is 2.26. The van der Waals surface area contributed by atoms with Gasteiger partial charge < -0.3 is 14.6 Å². The van der Waals surface area contributed by atoms with Crippen LogP contribution < -0.4 is 0 Å². The zero-order chi connectivity index (χ0) is 15.5. The lowest BCUT2D eigenvalue weighted by atomic mass is 10.0. The molecule has 3 rings (SSSR count). The van der Waals surface area contributed by atoms with Crippen LogP contribution in [0.2, 0.25) is 0 Å². The smallest absolute Gasteiger partial charge is 0.254 e. The monoisotopic (exact) mass is 299 g/mol. The Labute approximate surface area is 130 Å². The molecule has 5 nitrogen and oxygen atoms in total. The van der Waals surface area contributed by atoms with Crippen LogP contribution in [0, 0.1) is 0 Å². The molecule has 5 heteroatoms. The van der Waals surface area contributed by atoms with E-state index >= 15 is 0 Å². The van der Waals surface area contributed by atoms with Gasteiger partial charge in [-0.15, -0.1) is 0 Å². The van der Waals surface area contributed by atoms with Crippen molar-refractivity contribution < 1.29 is 9.90 Å². The van der Waals surface area contributed by atoms with Gasteiger partial charge in [0.15, 0.2) is 0 Å². The third-order valence-electron chi connectivity index (χ3n) is 4.34. The summed E-state index contributed by atoms with van der Waals surface area (Å²) >= 11 is 0. The fraction of sp³-hybridized carbons (Fsp3) is 0.412. The van der Waals surface area contributed by atoms with E-state index in [1.54, 1.807) is 6.33 Å². The molecule has 116 valence electrons. The molecule has 0 unspecified atom stereocenters. The van der Waals surface area contributed by atoms with Crippen molar-refractivity contribution in [2.24, 2.45) is 7.05 Å². The van der Waals surface area contributed by atoms with Crippen molar-refractivity contribution in [3.8, 4) is 11.3 Å². The SMILES string of the molecule is Cn1cncc1-c1ccc(C(=O)N2CCCC[C@H]2CO)cc1. The lowest BCUT2D eigenvalue weighted by Gasteiger charge is -2.34. The summed E-state index contributed by atoms with van der Waals surface area (Å²) in [5.41, 5.74) is 2.73. The van der Waals surface area contributed by atoms with E-state index in [1.807, 2.05) is 47.0 Å². The largest absolute Gasteiger partial charge is 0.394 e. The Morgan fingerprint density at radius 1 is 1.32 bits per heavy atom. The number of nitrogens with zero attached hydrogens (tertiary/aromatic N) is 3. The number of amides is 1. The maximum atomic E-state index is 12.6. The zero-order valence-corrected chi connectivity index (χ0v) is 12.8. The summed E-state index contributed by atoms with van der Waals surface area (Å²) in [6.45, 7) is 0.770. The van der Waals surface area contributed by atoms with E-state index in [0.29, 0.717) is 5.56 Å². The highest BCUT2D eigenvalue weighted by atomic mass is 16.3. The van der Waals surface area contributed by atoms with Crippen molar-refractivity contribution in [2.45, 2.75) is 25.3 Å². The molecule has 1 amide bonds. The molecular formula is C17H21N3O2. The van der Waals surface area contributed by atoms with Crippen molar-refractivity contribution in [2.75, 3.05) is 13.2 Å². The van der Waals surface area contributed by atoms with E-state index in [4.69, 9.17) is 0 Å². The van der Waals surface area contributed by atoms with E-state index in [9.17, 15) is 9.90 Å². The topological polar surface area (TPSA) is 58.4 Å². The number of aliphatic hydroxyl groups excluding tert-OH is 1. The summed E-state index contributed by atoms with van der Waals surface area (Å²) in [6, 6.07) is 7.56. The maximum absolute atomic E-state index is 12.6. The van der Waals surface area contributed by atoms with Crippen LogP contribution >= 0.6 is 0 Å². The molecule has 1 aliphatic rings. The number of imidazole rings is 1. The Morgan fingerprint density at radius 3 is 2.73 bits per heavy atom. The summed E-state index contributed by atoms with van der Waals surface area (Å²) in [4.78, 5) is 18.5. The van der Waals surface area contributed by atoms with Gasteiger partial charge in [-0.25, -0.2) is 4.98 Å². The number of aromatic nitrogens is 2. The van der Waals surface area contributed by atoms with Crippen molar-refractivity contribution in [3.63, 3.8) is 0 Å². The molecule has 22 heavy (non-hydrogen) atoms. The number of hydrogen-bond acceptors (Lipinski definition) is 3. The van der Waals surface area contributed by atoms with Crippen LogP contribution in [0.3, 0.4) is 0 Å². The van der Waals surface area contributed by atoms with Crippen LogP contribution in [-0.4, -0.2) is 44.7 Å². The first kappa shape index (κ1) is 14.8. The van der Waals surface area contributed by atoms with Crippen molar-refractivity contribution in [1.82, 2.24) is 14.5 Å². The molecular weight excluding hydrogens is 278 g/mol. The highest BCUT2D eigenvalue weighted by Crippen LogP contribution is 2.22. The lowest BCUT2D eigenvalue weighted by Crippen LogP contribution is -2.45. The predicted octanol–water partition coefficient (Wildman–Crippen LogP) is 2.07. The summed E-state index contributed by atoms with van der Waals surface area (Å²) in [5.74, 6) is 0.00954. The van der Waals surface area contributed by atoms with Gasteiger partial charge in [0, 0.05) is 19.2 Å². The van der Waals surface area contributed by atoms with Gasteiger partial charge in [-0.05, 0) is 37.0 Å². The number of piperidine rings is 1. The van der Waals surface area contributed by atoms with E-state index in [2.05, 4.69) is 4.98 Å². The quantitative estimate of drug-likeness (QED) is 0.944. The first-order chi connectivity index (χ1) is 10.7. The third-order valence-corrected chi connectivity index (χ3v) is 4.34. The fourth-order valence-electron chi connectivity index (χ4n) is 3.04. The number of hydrogen-bond donors (Lipinski definition) is 1. The summed E-state index contributed by atoms with van der Waals surface area (Å²) in [7, 11) is 1.95. The zero-order valence-electron chi connectivity index (χ0n) is 12.8. The number of likely N-dealkylation sites (tertiary alicyclic amines) is 1. The maximum Gasteiger partial charge on any atom is 0.254 e. The van der Waals surface area contributed by atoms with Crippen LogP contribution in [0.4, 0.5) is 0 Å². The fourth-order valence-corrected chi connectivity index (χ4v) is 3.04. The van der Waals surface area contributed by atoms with E-state index in [0.717, 1.165) is 37.1 Å². The molecule has 1 fully saturated rings. The van der Waals surface area contributed by atoms with Gasteiger partial charge in [0.2, 0.25) is 0 Å². The number of aliphatic hydroxyl groups is 1. The Kier molecular flexibility index (Phi) is 4.24. The first-order valence-corrected chi connectivity index (χ1v) is 7.69. The van der Waals surface area contributed by atoms with E-state index in [-0.39, 0.29) is 18.6 Å². The Bertz CT molecular complexity index is 648. The molecule has 1 aromatic carbocycles. The molecule has 1 N–H and O–H groups in total. The molecule has 0 radical (unpaired) electrons. The van der Waals surface area contributed by atoms with Crippen LogP contribution in [0.25, 0.3) is 11.3 Å². The molecule has 0 spiro atoms. The van der Waals surface area contributed by atoms with Gasteiger partial charge in [0.25, 0.3) is 5.91 Å². The van der Waals surface area contributed by atoms with Gasteiger partial charge in [0.1, 0.15) is 0 Å². The second-order valence-corrected chi connectivity index (χ2v) is 5.80. The van der Waals surface area contributed by atoms with Gasteiger partial charge in [0.05, 0.1) is 30.9 Å². The van der Waals surface area contributed by atoms with Gasteiger partial charge in [-0.1, -0.05) is 12.1 Å². The number of carbonyl (C=O) groups is 1. The standard InChI is InChI=1S/C17H21N3O2/c1-19-12-18-10-16(19)13-5-7-14(8-6-13)17(22)20-9-3-2-4-15(20)11-21/h5-8,10,12,15,21H,2-4,9,11H2,1H3/t15-/m0/s1. The van der Waals surface area contributed by atoms with Gasteiger partial charge >= 0.3 is 0 Å². The molecule has 1 aromatic heterocycles. The van der Waals surface area contributed by atoms with Crippen LogP contribution in [0.1, 0.15) is 29.6 Å². The summed E-state index contributed by atoms with van der Waals surface area (Å²) in [6.07, 6.45) is 6.54. The van der Waals surface area contributed by atoms with Crippen molar-refractivity contribution in [3.05, 3.63) is 42.4 Å². The van der Waals surface area contributed by atoms with E-state index < -0.39 is 0 Å². The second-order valence-electron chi connectivity index (χ2n) is 5.80. The normalized spacial score (nSPS) is 18.5. The van der Waals surface area contributed by atoms with Crippen molar-refractivity contribution in [1.29, 1.82) is 0 Å².